The number of nitro groups is 1. The Labute approximate surface area is 175 Å². The number of carbonyl (C=O) groups excluding carboxylic acids is 1. The molecule has 0 saturated heterocycles. The molecular formula is C24H23N3O3. The van der Waals surface area contributed by atoms with E-state index in [0.29, 0.717) is 5.56 Å². The van der Waals surface area contributed by atoms with E-state index in [-0.39, 0.29) is 23.7 Å². The molecule has 0 aliphatic carbocycles. The molecule has 3 aromatic carbocycles. The SMILES string of the molecule is Cc1ccc(N[C@H]2C[C@@H](C)N(C(=O)c3ccc([N+](=O)[O-])cc3)c3ccccc32)cc1. The average molecular weight is 401 g/mol. The number of anilines is 2. The Balaban J connectivity index is 1.65. The van der Waals surface area contributed by atoms with Crippen molar-refractivity contribution >= 4 is 23.0 Å². The Morgan fingerprint density at radius 1 is 1.03 bits per heavy atom. The monoisotopic (exact) mass is 401 g/mol. The van der Waals surface area contributed by atoms with Gasteiger partial charge >= 0.3 is 0 Å². The van der Waals surface area contributed by atoms with Crippen LogP contribution in [0.3, 0.4) is 0 Å². The van der Waals surface area contributed by atoms with Crippen LogP contribution in [0.15, 0.2) is 72.8 Å². The van der Waals surface area contributed by atoms with Crippen LogP contribution >= 0.6 is 0 Å². The second-order valence-corrected chi connectivity index (χ2v) is 7.69. The fourth-order valence-corrected chi connectivity index (χ4v) is 3.97. The number of hydrogen-bond acceptors (Lipinski definition) is 4. The van der Waals surface area contributed by atoms with Gasteiger partial charge in [-0.2, -0.15) is 0 Å². The highest BCUT2D eigenvalue weighted by molar-refractivity contribution is 6.07. The van der Waals surface area contributed by atoms with Crippen molar-refractivity contribution in [2.24, 2.45) is 0 Å². The largest absolute Gasteiger partial charge is 0.378 e. The van der Waals surface area contributed by atoms with Crippen LogP contribution in [0.1, 0.15) is 40.9 Å². The lowest BCUT2D eigenvalue weighted by molar-refractivity contribution is -0.384. The quantitative estimate of drug-likeness (QED) is 0.463. The lowest BCUT2D eigenvalue weighted by atomic mass is 9.90. The third kappa shape index (κ3) is 3.76. The minimum atomic E-state index is -0.464. The van der Waals surface area contributed by atoms with E-state index in [4.69, 9.17) is 0 Å². The molecule has 0 fully saturated rings. The number of nitrogens with one attached hydrogen (secondary N) is 1. The molecule has 3 aromatic rings. The molecule has 1 heterocycles. The fraction of sp³-hybridized carbons (Fsp3) is 0.208. The van der Waals surface area contributed by atoms with Crippen molar-refractivity contribution in [2.75, 3.05) is 10.2 Å². The lowest BCUT2D eigenvalue weighted by Gasteiger charge is -2.40. The first-order valence-corrected chi connectivity index (χ1v) is 9.94. The van der Waals surface area contributed by atoms with Gasteiger partial charge in [-0.15, -0.1) is 0 Å². The summed E-state index contributed by atoms with van der Waals surface area (Å²) in [6.07, 6.45) is 0.754. The van der Waals surface area contributed by atoms with Crippen LogP contribution in [0.5, 0.6) is 0 Å². The van der Waals surface area contributed by atoms with Gasteiger partial charge in [0.2, 0.25) is 0 Å². The number of benzene rings is 3. The van der Waals surface area contributed by atoms with Crippen molar-refractivity contribution in [3.05, 3.63) is 99.6 Å². The van der Waals surface area contributed by atoms with Gasteiger partial charge in [0.1, 0.15) is 0 Å². The molecule has 0 spiro atoms. The van der Waals surface area contributed by atoms with Crippen LogP contribution in [-0.2, 0) is 0 Å². The minimum absolute atomic E-state index is 0.0268. The highest BCUT2D eigenvalue weighted by atomic mass is 16.6. The van der Waals surface area contributed by atoms with Gasteiger partial charge in [-0.05, 0) is 56.2 Å². The maximum Gasteiger partial charge on any atom is 0.269 e. The summed E-state index contributed by atoms with van der Waals surface area (Å²) >= 11 is 0. The molecule has 1 aliphatic heterocycles. The average Bonchev–Trinajstić information content (AvgIpc) is 2.75. The van der Waals surface area contributed by atoms with E-state index in [9.17, 15) is 14.9 Å². The smallest absolute Gasteiger partial charge is 0.269 e. The second-order valence-electron chi connectivity index (χ2n) is 7.69. The van der Waals surface area contributed by atoms with Crippen molar-refractivity contribution in [1.29, 1.82) is 0 Å². The molecule has 2 atom stereocenters. The Bertz CT molecular complexity index is 1080. The van der Waals surface area contributed by atoms with Crippen molar-refractivity contribution in [3.63, 3.8) is 0 Å². The van der Waals surface area contributed by atoms with Gasteiger partial charge in [-0.25, -0.2) is 0 Å². The van der Waals surface area contributed by atoms with Gasteiger partial charge in [0.25, 0.3) is 11.6 Å². The van der Waals surface area contributed by atoms with Crippen LogP contribution in [0, 0.1) is 17.0 Å². The van der Waals surface area contributed by atoms with E-state index >= 15 is 0 Å². The second kappa shape index (κ2) is 7.99. The molecule has 0 bridgehead atoms. The molecule has 0 saturated carbocycles. The van der Waals surface area contributed by atoms with E-state index in [1.165, 1.54) is 29.8 Å². The van der Waals surface area contributed by atoms with Gasteiger partial charge in [-0.3, -0.25) is 14.9 Å². The van der Waals surface area contributed by atoms with Gasteiger partial charge in [0, 0.05) is 35.1 Å². The summed E-state index contributed by atoms with van der Waals surface area (Å²) < 4.78 is 0. The zero-order valence-corrected chi connectivity index (χ0v) is 16.9. The van der Waals surface area contributed by atoms with Crippen LogP contribution in [-0.4, -0.2) is 16.9 Å². The Hall–Kier alpha value is -3.67. The van der Waals surface area contributed by atoms with Crippen LogP contribution in [0.25, 0.3) is 0 Å². The number of amides is 1. The number of para-hydroxylation sites is 1. The third-order valence-corrected chi connectivity index (χ3v) is 5.53. The molecule has 0 radical (unpaired) electrons. The van der Waals surface area contributed by atoms with Crippen molar-refractivity contribution in [3.8, 4) is 0 Å². The topological polar surface area (TPSA) is 75.5 Å². The summed E-state index contributed by atoms with van der Waals surface area (Å²) in [6, 6.07) is 22.0. The van der Waals surface area contributed by atoms with Gasteiger partial charge in [0.05, 0.1) is 11.0 Å². The first kappa shape index (κ1) is 19.6. The van der Waals surface area contributed by atoms with E-state index in [2.05, 4.69) is 36.5 Å². The first-order valence-electron chi connectivity index (χ1n) is 9.94. The Morgan fingerprint density at radius 3 is 2.37 bits per heavy atom. The van der Waals surface area contributed by atoms with Crippen LogP contribution in [0.4, 0.5) is 17.1 Å². The Kier molecular flexibility index (Phi) is 5.23. The number of nitro benzene ring substituents is 1. The molecule has 0 aromatic heterocycles. The number of rotatable bonds is 4. The Morgan fingerprint density at radius 2 is 1.70 bits per heavy atom. The molecule has 1 aliphatic rings. The highest BCUT2D eigenvalue weighted by Crippen LogP contribution is 2.39. The molecule has 4 rings (SSSR count). The van der Waals surface area contributed by atoms with E-state index in [1.54, 1.807) is 4.90 Å². The van der Waals surface area contributed by atoms with Crippen LogP contribution < -0.4 is 10.2 Å². The molecule has 6 nitrogen and oxygen atoms in total. The molecule has 6 heteroatoms. The number of non-ortho nitro benzene ring substituents is 1. The fourth-order valence-electron chi connectivity index (χ4n) is 3.97. The summed E-state index contributed by atoms with van der Waals surface area (Å²) in [4.78, 5) is 25.5. The van der Waals surface area contributed by atoms with Crippen molar-refractivity contribution < 1.29 is 9.72 Å². The van der Waals surface area contributed by atoms with Gasteiger partial charge in [0.15, 0.2) is 0 Å². The van der Waals surface area contributed by atoms with Gasteiger partial charge < -0.3 is 10.2 Å². The van der Waals surface area contributed by atoms with Crippen LogP contribution in [0.2, 0.25) is 0 Å². The highest BCUT2D eigenvalue weighted by Gasteiger charge is 2.34. The number of carbonyl (C=O) groups is 1. The summed E-state index contributed by atoms with van der Waals surface area (Å²) in [5.74, 6) is -0.154. The van der Waals surface area contributed by atoms with Crippen molar-refractivity contribution in [2.45, 2.75) is 32.4 Å². The molecular weight excluding hydrogens is 378 g/mol. The van der Waals surface area contributed by atoms with E-state index in [1.807, 2.05) is 31.2 Å². The standard InChI is InChI=1S/C24H23N3O3/c1-16-7-11-19(12-8-16)25-22-15-17(2)26(23-6-4-3-5-21(22)23)24(28)18-9-13-20(14-10-18)27(29)30/h3-14,17,22,25H,15H2,1-2H3/t17-,22+/m1/s1. The number of nitrogens with zero attached hydrogens (tertiary/aromatic N) is 2. The molecule has 152 valence electrons. The number of aryl methyl sites for hydroxylation is 1. The summed E-state index contributed by atoms with van der Waals surface area (Å²) in [5, 5.41) is 14.5. The maximum atomic E-state index is 13.3. The number of fused-ring (bicyclic) bond motifs is 1. The number of hydrogen-bond donors (Lipinski definition) is 1. The van der Waals surface area contributed by atoms with E-state index < -0.39 is 4.92 Å². The summed E-state index contributed by atoms with van der Waals surface area (Å²) in [5.41, 5.74) is 4.59. The third-order valence-electron chi connectivity index (χ3n) is 5.53. The van der Waals surface area contributed by atoms with Crippen molar-refractivity contribution in [1.82, 2.24) is 0 Å². The van der Waals surface area contributed by atoms with E-state index in [0.717, 1.165) is 23.4 Å². The zero-order valence-electron chi connectivity index (χ0n) is 16.9. The molecule has 1 N–H and O–H groups in total. The predicted molar refractivity (Wildman–Crippen MR) is 118 cm³/mol. The maximum absolute atomic E-state index is 13.3. The summed E-state index contributed by atoms with van der Waals surface area (Å²) in [7, 11) is 0. The summed E-state index contributed by atoms with van der Waals surface area (Å²) in [6.45, 7) is 4.09. The lowest BCUT2D eigenvalue weighted by Crippen LogP contribution is -2.44. The molecule has 1 amide bonds. The molecule has 0 unspecified atom stereocenters. The minimum Gasteiger partial charge on any atom is -0.378 e. The normalized spacial score (nSPS) is 17.9. The predicted octanol–water partition coefficient (Wildman–Crippen LogP) is 5.50. The first-order chi connectivity index (χ1) is 14.4. The molecule has 30 heavy (non-hydrogen) atoms. The van der Waals surface area contributed by atoms with Gasteiger partial charge in [-0.1, -0.05) is 35.9 Å². The zero-order chi connectivity index (χ0) is 21.3.